The van der Waals surface area contributed by atoms with Gasteiger partial charge in [0, 0.05) is 42.2 Å². The van der Waals surface area contributed by atoms with E-state index in [0.29, 0.717) is 36.2 Å². The number of nitrogens with one attached hydrogen (secondary N) is 1. The number of hydrogen-bond acceptors (Lipinski definition) is 6. The second kappa shape index (κ2) is 6.64. The molecule has 0 saturated carbocycles. The first kappa shape index (κ1) is 15.2. The largest absolute Gasteiger partial charge is 0.490 e. The van der Waals surface area contributed by atoms with Crippen molar-refractivity contribution in [2.75, 3.05) is 18.5 Å². The third-order valence-electron chi connectivity index (χ3n) is 3.69. The minimum atomic E-state index is -0.367. The zero-order chi connectivity index (χ0) is 17.1. The monoisotopic (exact) mass is 337 g/mol. The Morgan fingerprint density at radius 1 is 1.08 bits per heavy atom. The van der Waals surface area contributed by atoms with E-state index in [9.17, 15) is 4.79 Å². The van der Waals surface area contributed by atoms with Crippen molar-refractivity contribution < 1.29 is 18.8 Å². The highest BCUT2D eigenvalue weighted by Gasteiger charge is 2.16. The molecule has 0 spiro atoms. The van der Waals surface area contributed by atoms with Crippen LogP contribution in [0.25, 0.3) is 11.3 Å². The lowest BCUT2D eigenvalue weighted by molar-refractivity contribution is 0.101. The molecular weight excluding hydrogens is 322 g/mol. The van der Waals surface area contributed by atoms with Gasteiger partial charge in [-0.2, -0.15) is 0 Å². The van der Waals surface area contributed by atoms with E-state index in [1.54, 1.807) is 42.7 Å². The maximum atomic E-state index is 12.4. The summed E-state index contributed by atoms with van der Waals surface area (Å²) in [5.41, 5.74) is 1.54. The van der Waals surface area contributed by atoms with Crippen LogP contribution in [0.15, 0.2) is 53.3 Å². The van der Waals surface area contributed by atoms with Crippen molar-refractivity contribution >= 4 is 11.6 Å². The van der Waals surface area contributed by atoms with E-state index in [1.165, 1.54) is 0 Å². The van der Waals surface area contributed by atoms with Crippen LogP contribution in [0.1, 0.15) is 16.9 Å². The molecular formula is C18H15N3O4. The van der Waals surface area contributed by atoms with E-state index < -0.39 is 0 Å². The van der Waals surface area contributed by atoms with E-state index in [1.807, 2.05) is 6.07 Å². The van der Waals surface area contributed by atoms with Crippen LogP contribution in [-0.2, 0) is 0 Å². The predicted octanol–water partition coefficient (Wildman–Crippen LogP) is 3.15. The van der Waals surface area contributed by atoms with Crippen molar-refractivity contribution in [3.8, 4) is 22.8 Å². The number of pyridine rings is 1. The lowest BCUT2D eigenvalue weighted by Crippen LogP contribution is -2.12. The van der Waals surface area contributed by atoms with Crippen molar-refractivity contribution in [2.24, 2.45) is 0 Å². The van der Waals surface area contributed by atoms with Gasteiger partial charge < -0.3 is 19.3 Å². The van der Waals surface area contributed by atoms with E-state index in [4.69, 9.17) is 14.0 Å². The Labute approximate surface area is 143 Å². The van der Waals surface area contributed by atoms with Gasteiger partial charge in [0.25, 0.3) is 5.91 Å². The fourth-order valence-electron chi connectivity index (χ4n) is 2.46. The molecule has 1 aliphatic rings. The number of nitrogens with zero attached hydrogens (tertiary/aromatic N) is 2. The summed E-state index contributed by atoms with van der Waals surface area (Å²) in [6.07, 6.45) is 4.13. The van der Waals surface area contributed by atoms with Crippen LogP contribution >= 0.6 is 0 Å². The highest BCUT2D eigenvalue weighted by molar-refractivity contribution is 6.03. The summed E-state index contributed by atoms with van der Waals surface area (Å²) in [6.45, 7) is 1.21. The summed E-state index contributed by atoms with van der Waals surface area (Å²) in [5.74, 6) is 1.41. The maximum Gasteiger partial charge on any atom is 0.277 e. The van der Waals surface area contributed by atoms with Gasteiger partial charge in [0.05, 0.1) is 13.2 Å². The zero-order valence-electron chi connectivity index (χ0n) is 13.3. The van der Waals surface area contributed by atoms with Gasteiger partial charge in [0.1, 0.15) is 0 Å². The molecule has 3 aromatic rings. The quantitative estimate of drug-likeness (QED) is 0.790. The Balaban J connectivity index is 1.51. The minimum absolute atomic E-state index is 0.186. The second-order valence-corrected chi connectivity index (χ2v) is 5.48. The Hall–Kier alpha value is -3.35. The molecule has 7 heteroatoms. The lowest BCUT2D eigenvalue weighted by Gasteiger charge is -2.09. The number of carbonyl (C=O) groups is 1. The summed E-state index contributed by atoms with van der Waals surface area (Å²) in [6, 6.07) is 10.5. The average molecular weight is 337 g/mol. The third-order valence-corrected chi connectivity index (χ3v) is 3.69. The van der Waals surface area contributed by atoms with Crippen LogP contribution in [0, 0.1) is 0 Å². The molecule has 126 valence electrons. The first-order chi connectivity index (χ1) is 12.3. The molecule has 25 heavy (non-hydrogen) atoms. The van der Waals surface area contributed by atoms with Crippen molar-refractivity contribution in [1.82, 2.24) is 10.1 Å². The van der Waals surface area contributed by atoms with Gasteiger partial charge in [-0.25, -0.2) is 0 Å². The summed E-state index contributed by atoms with van der Waals surface area (Å²) >= 11 is 0. The van der Waals surface area contributed by atoms with Gasteiger partial charge in [0.15, 0.2) is 23.0 Å². The molecule has 1 aliphatic heterocycles. The van der Waals surface area contributed by atoms with Gasteiger partial charge in [-0.15, -0.1) is 0 Å². The molecule has 0 fully saturated rings. The summed E-state index contributed by atoms with van der Waals surface area (Å²) in [4.78, 5) is 16.4. The summed E-state index contributed by atoms with van der Waals surface area (Å²) < 4.78 is 16.4. The first-order valence-electron chi connectivity index (χ1n) is 7.88. The summed E-state index contributed by atoms with van der Waals surface area (Å²) in [5, 5.41) is 6.60. The Kier molecular flexibility index (Phi) is 4.04. The molecule has 0 radical (unpaired) electrons. The van der Waals surface area contributed by atoms with Crippen molar-refractivity contribution in [2.45, 2.75) is 6.42 Å². The van der Waals surface area contributed by atoms with Gasteiger partial charge in [-0.05, 0) is 24.3 Å². The van der Waals surface area contributed by atoms with Crippen LogP contribution in [0.4, 0.5) is 5.69 Å². The highest BCUT2D eigenvalue weighted by Crippen LogP contribution is 2.32. The molecule has 0 bridgehead atoms. The molecule has 4 rings (SSSR count). The van der Waals surface area contributed by atoms with Gasteiger partial charge >= 0.3 is 0 Å². The van der Waals surface area contributed by atoms with Crippen LogP contribution in [-0.4, -0.2) is 29.3 Å². The molecule has 7 nitrogen and oxygen atoms in total. The van der Waals surface area contributed by atoms with Gasteiger partial charge in [-0.1, -0.05) is 5.16 Å². The fraction of sp³-hybridized carbons (Fsp3) is 0.167. The molecule has 0 atom stereocenters. The molecule has 3 heterocycles. The molecule has 2 aromatic heterocycles. The number of fused-ring (bicyclic) bond motifs is 1. The SMILES string of the molecule is O=C(Nc1ccc2c(c1)OCCCO2)c1cc(-c2cccnc2)on1. The smallest absolute Gasteiger partial charge is 0.277 e. The van der Waals surface area contributed by atoms with Crippen LogP contribution in [0.5, 0.6) is 11.5 Å². The van der Waals surface area contributed by atoms with Crippen molar-refractivity contribution in [3.05, 3.63) is 54.5 Å². The molecule has 1 aromatic carbocycles. The number of anilines is 1. The zero-order valence-corrected chi connectivity index (χ0v) is 13.3. The van der Waals surface area contributed by atoms with Crippen LogP contribution < -0.4 is 14.8 Å². The topological polar surface area (TPSA) is 86.5 Å². The van der Waals surface area contributed by atoms with Gasteiger partial charge in [-0.3, -0.25) is 9.78 Å². The molecule has 1 N–H and O–H groups in total. The predicted molar refractivity (Wildman–Crippen MR) is 89.7 cm³/mol. The number of benzene rings is 1. The van der Waals surface area contributed by atoms with Crippen molar-refractivity contribution in [3.63, 3.8) is 0 Å². The number of ether oxygens (including phenoxy) is 2. The average Bonchev–Trinajstić information content (AvgIpc) is 3.03. The molecule has 0 saturated heterocycles. The molecule has 0 unspecified atom stereocenters. The normalized spacial score (nSPS) is 13.1. The lowest BCUT2D eigenvalue weighted by atomic mass is 10.2. The number of aromatic nitrogens is 2. The van der Waals surface area contributed by atoms with Crippen LogP contribution in [0.2, 0.25) is 0 Å². The highest BCUT2D eigenvalue weighted by atomic mass is 16.5. The third kappa shape index (κ3) is 3.30. The Morgan fingerprint density at radius 2 is 1.96 bits per heavy atom. The fourth-order valence-corrected chi connectivity index (χ4v) is 2.46. The number of carbonyl (C=O) groups excluding carboxylic acids is 1. The first-order valence-corrected chi connectivity index (χ1v) is 7.88. The van der Waals surface area contributed by atoms with E-state index in [0.717, 1.165) is 12.0 Å². The molecule has 1 amide bonds. The number of rotatable bonds is 3. The number of hydrogen-bond donors (Lipinski definition) is 1. The maximum absolute atomic E-state index is 12.4. The van der Waals surface area contributed by atoms with Gasteiger partial charge in [0.2, 0.25) is 0 Å². The Bertz CT molecular complexity index is 892. The second-order valence-electron chi connectivity index (χ2n) is 5.48. The number of amides is 1. The van der Waals surface area contributed by atoms with Crippen molar-refractivity contribution in [1.29, 1.82) is 0 Å². The standard InChI is InChI=1S/C18H15N3O4/c22-18(14-10-16(25-21-14)12-3-1-6-19-11-12)20-13-4-5-15-17(9-13)24-8-2-7-23-15/h1,3-6,9-11H,2,7-8H2,(H,20,22). The minimum Gasteiger partial charge on any atom is -0.490 e. The van der Waals surface area contributed by atoms with E-state index in [2.05, 4.69) is 15.5 Å². The molecule has 0 aliphatic carbocycles. The summed E-state index contributed by atoms with van der Waals surface area (Å²) in [7, 11) is 0. The Morgan fingerprint density at radius 3 is 2.80 bits per heavy atom. The van der Waals surface area contributed by atoms with E-state index in [-0.39, 0.29) is 11.6 Å². The van der Waals surface area contributed by atoms with E-state index >= 15 is 0 Å². The van der Waals surface area contributed by atoms with Crippen LogP contribution in [0.3, 0.4) is 0 Å².